The van der Waals surface area contributed by atoms with Gasteiger partial charge in [0.05, 0.1) is 0 Å². The summed E-state index contributed by atoms with van der Waals surface area (Å²) < 4.78 is 0. The summed E-state index contributed by atoms with van der Waals surface area (Å²) >= 11 is 5.27. The first kappa shape index (κ1) is 14.0. The molecule has 1 aromatic rings. The number of anilines is 1. The standard InChI is InChI=1S/C15H21N3S/c1-11-7-3-5-9-13(11)16-15(19)18-17-14-10-6-4-8-12(14)2/h3,5,7,9,12H,4,6,8,10H2,1-2H3,(H2,16,18,19)/b17-14-/t12-/m1/s1. The van der Waals surface area contributed by atoms with Crippen LogP contribution in [0.25, 0.3) is 0 Å². The van der Waals surface area contributed by atoms with Crippen LogP contribution in [0.1, 0.15) is 38.2 Å². The Hall–Kier alpha value is -1.42. The molecule has 1 aliphatic carbocycles. The summed E-state index contributed by atoms with van der Waals surface area (Å²) in [6.07, 6.45) is 4.87. The van der Waals surface area contributed by atoms with Crippen LogP contribution >= 0.6 is 12.2 Å². The van der Waals surface area contributed by atoms with Crippen molar-refractivity contribution >= 4 is 28.7 Å². The maximum absolute atomic E-state index is 5.27. The van der Waals surface area contributed by atoms with E-state index in [0.717, 1.165) is 12.1 Å². The third-order valence-corrected chi connectivity index (χ3v) is 3.78. The number of nitrogens with one attached hydrogen (secondary N) is 2. The molecule has 0 heterocycles. The van der Waals surface area contributed by atoms with Crippen LogP contribution in [0.2, 0.25) is 0 Å². The van der Waals surface area contributed by atoms with Crippen LogP contribution in [0, 0.1) is 12.8 Å². The Morgan fingerprint density at radius 1 is 1.32 bits per heavy atom. The predicted molar refractivity (Wildman–Crippen MR) is 85.6 cm³/mol. The first-order valence-corrected chi connectivity index (χ1v) is 7.26. The summed E-state index contributed by atoms with van der Waals surface area (Å²) in [6.45, 7) is 4.29. The van der Waals surface area contributed by atoms with E-state index in [1.807, 2.05) is 18.2 Å². The zero-order valence-corrected chi connectivity index (χ0v) is 12.4. The highest BCUT2D eigenvalue weighted by Crippen LogP contribution is 2.20. The molecule has 0 saturated heterocycles. The minimum Gasteiger partial charge on any atom is -0.331 e. The van der Waals surface area contributed by atoms with Crippen LogP contribution in [0.3, 0.4) is 0 Å². The van der Waals surface area contributed by atoms with E-state index < -0.39 is 0 Å². The van der Waals surface area contributed by atoms with Crippen LogP contribution in [0.4, 0.5) is 5.69 Å². The number of hydrazone groups is 1. The molecule has 0 bridgehead atoms. The second-order valence-corrected chi connectivity index (χ2v) is 5.54. The summed E-state index contributed by atoms with van der Waals surface area (Å²) in [6, 6.07) is 8.08. The van der Waals surface area contributed by atoms with Gasteiger partial charge in [0, 0.05) is 11.4 Å². The molecule has 0 radical (unpaired) electrons. The largest absolute Gasteiger partial charge is 0.331 e. The van der Waals surface area contributed by atoms with Gasteiger partial charge < -0.3 is 5.32 Å². The third-order valence-electron chi connectivity index (χ3n) is 3.58. The molecule has 1 aromatic carbocycles. The van der Waals surface area contributed by atoms with Crippen molar-refractivity contribution in [3.8, 4) is 0 Å². The summed E-state index contributed by atoms with van der Waals surface area (Å²) in [4.78, 5) is 0. The van der Waals surface area contributed by atoms with Crippen LogP contribution in [0.15, 0.2) is 29.4 Å². The smallest absolute Gasteiger partial charge is 0.191 e. The first-order valence-electron chi connectivity index (χ1n) is 6.86. The average Bonchev–Trinajstić information content (AvgIpc) is 2.40. The van der Waals surface area contributed by atoms with Gasteiger partial charge in [-0.3, -0.25) is 5.43 Å². The predicted octanol–water partition coefficient (Wildman–Crippen LogP) is 3.85. The lowest BCUT2D eigenvalue weighted by molar-refractivity contribution is 0.555. The highest BCUT2D eigenvalue weighted by Gasteiger charge is 2.15. The SMILES string of the molecule is Cc1ccccc1NC(=S)N/N=C1/CCCC[C@H]1C. The molecule has 0 spiro atoms. The lowest BCUT2D eigenvalue weighted by Crippen LogP contribution is -2.27. The monoisotopic (exact) mass is 275 g/mol. The summed E-state index contributed by atoms with van der Waals surface area (Å²) in [5, 5.41) is 8.19. The van der Waals surface area contributed by atoms with Crippen molar-refractivity contribution in [3.05, 3.63) is 29.8 Å². The van der Waals surface area contributed by atoms with Gasteiger partial charge in [0.1, 0.15) is 0 Å². The minimum atomic E-state index is 0.555. The lowest BCUT2D eigenvalue weighted by atomic mass is 9.89. The van der Waals surface area contributed by atoms with Crippen LogP contribution in [-0.4, -0.2) is 10.8 Å². The third kappa shape index (κ3) is 4.03. The zero-order chi connectivity index (χ0) is 13.7. The highest BCUT2D eigenvalue weighted by atomic mass is 32.1. The first-order chi connectivity index (χ1) is 9.16. The average molecular weight is 275 g/mol. The Labute approximate surface area is 120 Å². The Bertz CT molecular complexity index is 482. The molecule has 4 heteroatoms. The Morgan fingerprint density at radius 2 is 2.11 bits per heavy atom. The normalized spacial score (nSPS) is 21.2. The van der Waals surface area contributed by atoms with Gasteiger partial charge in [-0.2, -0.15) is 5.10 Å². The number of aryl methyl sites for hydroxylation is 1. The van der Waals surface area contributed by atoms with E-state index >= 15 is 0 Å². The van der Waals surface area contributed by atoms with Gasteiger partial charge in [0.2, 0.25) is 0 Å². The van der Waals surface area contributed by atoms with Gasteiger partial charge in [-0.25, -0.2) is 0 Å². The van der Waals surface area contributed by atoms with Crippen molar-refractivity contribution in [3.63, 3.8) is 0 Å². The van der Waals surface area contributed by atoms with Gasteiger partial charge in [-0.05, 0) is 56.0 Å². The number of benzene rings is 1. The molecule has 1 saturated carbocycles. The molecule has 1 fully saturated rings. The molecule has 0 amide bonds. The second-order valence-electron chi connectivity index (χ2n) is 5.13. The number of nitrogens with zero attached hydrogens (tertiary/aromatic N) is 1. The molecule has 3 nitrogen and oxygen atoms in total. The number of hydrogen-bond acceptors (Lipinski definition) is 2. The molecule has 102 valence electrons. The molecule has 1 atom stereocenters. The lowest BCUT2D eigenvalue weighted by Gasteiger charge is -2.20. The van der Waals surface area contributed by atoms with E-state index in [4.69, 9.17) is 12.2 Å². The summed E-state index contributed by atoms with van der Waals surface area (Å²) in [5.74, 6) is 0.572. The summed E-state index contributed by atoms with van der Waals surface area (Å²) in [7, 11) is 0. The molecule has 0 aromatic heterocycles. The van der Waals surface area contributed by atoms with Crippen LogP contribution < -0.4 is 10.7 Å². The van der Waals surface area contributed by atoms with Gasteiger partial charge >= 0.3 is 0 Å². The maximum Gasteiger partial charge on any atom is 0.191 e. The van der Waals surface area contributed by atoms with Crippen molar-refractivity contribution in [2.75, 3.05) is 5.32 Å². The second kappa shape index (κ2) is 6.66. The van der Waals surface area contributed by atoms with E-state index in [1.54, 1.807) is 0 Å². The molecule has 1 aliphatic rings. The van der Waals surface area contributed by atoms with Crippen molar-refractivity contribution in [2.24, 2.45) is 11.0 Å². The van der Waals surface area contributed by atoms with Crippen molar-refractivity contribution in [1.29, 1.82) is 0 Å². The number of hydrogen-bond donors (Lipinski definition) is 2. The molecule has 0 unspecified atom stereocenters. The minimum absolute atomic E-state index is 0.555. The van der Waals surface area contributed by atoms with E-state index in [1.165, 1.54) is 30.5 Å². The van der Waals surface area contributed by atoms with E-state index in [2.05, 4.69) is 35.8 Å². The molecule has 2 rings (SSSR count). The van der Waals surface area contributed by atoms with Crippen LogP contribution in [-0.2, 0) is 0 Å². The Kier molecular flexibility index (Phi) is 4.91. The number of rotatable bonds is 2. The van der Waals surface area contributed by atoms with E-state index in [0.29, 0.717) is 11.0 Å². The van der Waals surface area contributed by atoms with Crippen LogP contribution in [0.5, 0.6) is 0 Å². The van der Waals surface area contributed by atoms with Gasteiger partial charge in [0.15, 0.2) is 5.11 Å². The van der Waals surface area contributed by atoms with Gasteiger partial charge in [0.25, 0.3) is 0 Å². The topological polar surface area (TPSA) is 36.4 Å². The fourth-order valence-corrected chi connectivity index (χ4v) is 2.48. The Balaban J connectivity index is 1.91. The van der Waals surface area contributed by atoms with Crippen molar-refractivity contribution < 1.29 is 0 Å². The molecular weight excluding hydrogens is 254 g/mol. The molecule has 0 aliphatic heterocycles. The molecule has 2 N–H and O–H groups in total. The summed E-state index contributed by atoms with van der Waals surface area (Å²) in [5.41, 5.74) is 6.40. The van der Waals surface area contributed by atoms with Gasteiger partial charge in [-0.15, -0.1) is 0 Å². The number of thiocarbonyl (C=S) groups is 1. The fourth-order valence-electron chi connectivity index (χ4n) is 2.32. The fraction of sp³-hybridized carbons (Fsp3) is 0.467. The zero-order valence-electron chi connectivity index (χ0n) is 11.6. The van der Waals surface area contributed by atoms with Gasteiger partial charge in [-0.1, -0.05) is 31.5 Å². The van der Waals surface area contributed by atoms with E-state index in [-0.39, 0.29) is 0 Å². The van der Waals surface area contributed by atoms with E-state index in [9.17, 15) is 0 Å². The van der Waals surface area contributed by atoms with Crippen molar-refractivity contribution in [2.45, 2.75) is 39.5 Å². The quantitative estimate of drug-likeness (QED) is 0.636. The molecule has 19 heavy (non-hydrogen) atoms. The molecular formula is C15H21N3S. The number of para-hydroxylation sites is 1. The maximum atomic E-state index is 5.27. The highest BCUT2D eigenvalue weighted by molar-refractivity contribution is 7.80. The van der Waals surface area contributed by atoms with Crippen molar-refractivity contribution in [1.82, 2.24) is 5.43 Å². The Morgan fingerprint density at radius 3 is 2.84 bits per heavy atom.